The van der Waals surface area contributed by atoms with Crippen LogP contribution in [0.4, 0.5) is 11.4 Å². The minimum Gasteiger partial charge on any atom is -0.507 e. The number of rotatable bonds is 5. The number of aromatic hydroxyl groups is 1. The molecule has 0 bridgehead atoms. The summed E-state index contributed by atoms with van der Waals surface area (Å²) in [4.78, 5) is 10.5. The van der Waals surface area contributed by atoms with Crippen molar-refractivity contribution in [2.24, 2.45) is 4.99 Å². The minimum atomic E-state index is 0.238. The molecule has 0 aliphatic heterocycles. The molecule has 0 saturated heterocycles. The van der Waals surface area contributed by atoms with E-state index in [9.17, 15) is 5.11 Å². The fourth-order valence-corrected chi connectivity index (χ4v) is 2.00. The van der Waals surface area contributed by atoms with E-state index in [4.69, 9.17) is 0 Å². The summed E-state index contributed by atoms with van der Waals surface area (Å²) in [6, 6.07) is 9.35. The summed E-state index contributed by atoms with van der Waals surface area (Å²) in [6.45, 7) is 6.02. The molecule has 1 aromatic heterocycles. The fourth-order valence-electron chi connectivity index (χ4n) is 2.00. The Kier molecular flexibility index (Phi) is 4.71. The summed E-state index contributed by atoms with van der Waals surface area (Å²) >= 11 is 0. The van der Waals surface area contributed by atoms with Crippen LogP contribution in [0.25, 0.3) is 0 Å². The zero-order chi connectivity index (χ0) is 14.4. The van der Waals surface area contributed by atoms with Gasteiger partial charge in [-0.3, -0.25) is 9.98 Å². The molecule has 1 heterocycles. The molecule has 0 aliphatic rings. The molecule has 0 radical (unpaired) electrons. The van der Waals surface area contributed by atoms with Crippen LogP contribution in [0.2, 0.25) is 0 Å². The van der Waals surface area contributed by atoms with Gasteiger partial charge < -0.3 is 10.0 Å². The highest BCUT2D eigenvalue weighted by molar-refractivity contribution is 5.86. The first-order valence-electron chi connectivity index (χ1n) is 6.76. The lowest BCUT2D eigenvalue weighted by atomic mass is 10.2. The Morgan fingerprint density at radius 2 is 2.05 bits per heavy atom. The van der Waals surface area contributed by atoms with Gasteiger partial charge in [0.05, 0.1) is 11.9 Å². The molecule has 1 N–H and O–H groups in total. The van der Waals surface area contributed by atoms with Crippen LogP contribution in [0, 0.1) is 0 Å². The van der Waals surface area contributed by atoms with Gasteiger partial charge in [-0.05, 0) is 38.1 Å². The lowest BCUT2D eigenvalue weighted by Gasteiger charge is -2.21. The number of anilines is 1. The van der Waals surface area contributed by atoms with Crippen molar-refractivity contribution in [3.63, 3.8) is 0 Å². The van der Waals surface area contributed by atoms with Gasteiger partial charge in [-0.1, -0.05) is 0 Å². The number of phenols is 1. The second-order valence-electron chi connectivity index (χ2n) is 4.38. The molecule has 2 rings (SSSR count). The molecule has 4 nitrogen and oxygen atoms in total. The molecular formula is C16H19N3O. The summed E-state index contributed by atoms with van der Waals surface area (Å²) in [7, 11) is 0. The topological polar surface area (TPSA) is 48.7 Å². The lowest BCUT2D eigenvalue weighted by molar-refractivity contribution is 0.474. The number of aliphatic imine (C=N–C) groups is 1. The number of aromatic nitrogens is 1. The van der Waals surface area contributed by atoms with Gasteiger partial charge in [0, 0.05) is 42.8 Å². The van der Waals surface area contributed by atoms with Crippen molar-refractivity contribution in [1.82, 2.24) is 4.98 Å². The molecule has 0 atom stereocenters. The summed E-state index contributed by atoms with van der Waals surface area (Å²) in [5, 5.41) is 10.1. The third-order valence-electron chi connectivity index (χ3n) is 3.14. The second-order valence-corrected chi connectivity index (χ2v) is 4.38. The van der Waals surface area contributed by atoms with Crippen LogP contribution in [0.1, 0.15) is 19.4 Å². The highest BCUT2D eigenvalue weighted by Gasteiger charge is 2.05. The predicted molar refractivity (Wildman–Crippen MR) is 83.2 cm³/mol. The minimum absolute atomic E-state index is 0.238. The van der Waals surface area contributed by atoms with Crippen LogP contribution in [0.15, 0.2) is 47.7 Å². The van der Waals surface area contributed by atoms with E-state index >= 15 is 0 Å². The van der Waals surface area contributed by atoms with Gasteiger partial charge in [0.2, 0.25) is 0 Å². The second kappa shape index (κ2) is 6.70. The summed E-state index contributed by atoms with van der Waals surface area (Å²) in [5.41, 5.74) is 2.48. The summed E-state index contributed by atoms with van der Waals surface area (Å²) in [5.74, 6) is 0.238. The Morgan fingerprint density at radius 1 is 1.25 bits per heavy atom. The molecule has 0 amide bonds. The molecule has 0 fully saturated rings. The van der Waals surface area contributed by atoms with Crippen LogP contribution in [0.5, 0.6) is 5.75 Å². The van der Waals surface area contributed by atoms with Crippen molar-refractivity contribution in [2.45, 2.75) is 13.8 Å². The standard InChI is InChI=1S/C16H19N3O/c1-3-19(4-2)15-8-7-13(16(20)10-15)11-18-14-6-5-9-17-12-14/h5-12,20H,3-4H2,1-2H3. The summed E-state index contributed by atoms with van der Waals surface area (Å²) in [6.07, 6.45) is 5.03. The van der Waals surface area contributed by atoms with Crippen LogP contribution in [-0.4, -0.2) is 29.4 Å². The zero-order valence-electron chi connectivity index (χ0n) is 11.8. The highest BCUT2D eigenvalue weighted by Crippen LogP contribution is 2.24. The number of pyridine rings is 1. The van der Waals surface area contributed by atoms with Crippen molar-refractivity contribution < 1.29 is 5.11 Å². The Hall–Kier alpha value is -2.36. The van der Waals surface area contributed by atoms with Gasteiger partial charge in [-0.25, -0.2) is 0 Å². The number of nitrogens with zero attached hydrogens (tertiary/aromatic N) is 3. The van der Waals surface area contributed by atoms with Crippen molar-refractivity contribution in [3.8, 4) is 5.75 Å². The van der Waals surface area contributed by atoms with Crippen molar-refractivity contribution in [1.29, 1.82) is 0 Å². The van der Waals surface area contributed by atoms with E-state index in [1.165, 1.54) is 0 Å². The molecular weight excluding hydrogens is 250 g/mol. The van der Waals surface area contributed by atoms with Crippen LogP contribution in [-0.2, 0) is 0 Å². The van der Waals surface area contributed by atoms with E-state index in [0.29, 0.717) is 5.56 Å². The Bertz CT molecular complexity index is 578. The van der Waals surface area contributed by atoms with E-state index in [0.717, 1.165) is 24.5 Å². The maximum absolute atomic E-state index is 10.1. The molecule has 104 valence electrons. The Balaban J connectivity index is 2.20. The van der Waals surface area contributed by atoms with Crippen LogP contribution in [0.3, 0.4) is 0 Å². The van der Waals surface area contributed by atoms with Gasteiger partial charge in [-0.2, -0.15) is 0 Å². The first-order valence-corrected chi connectivity index (χ1v) is 6.76. The molecule has 20 heavy (non-hydrogen) atoms. The molecule has 4 heteroatoms. The Labute approximate surface area is 119 Å². The van der Waals surface area contributed by atoms with Crippen LogP contribution < -0.4 is 4.90 Å². The number of hydrogen-bond donors (Lipinski definition) is 1. The first kappa shape index (κ1) is 14.1. The van der Waals surface area contributed by atoms with Crippen molar-refractivity contribution in [2.75, 3.05) is 18.0 Å². The molecule has 0 aliphatic carbocycles. The van der Waals surface area contributed by atoms with Gasteiger partial charge in [0.15, 0.2) is 0 Å². The van der Waals surface area contributed by atoms with Crippen molar-refractivity contribution in [3.05, 3.63) is 48.3 Å². The quantitative estimate of drug-likeness (QED) is 0.846. The normalized spacial score (nSPS) is 10.9. The maximum atomic E-state index is 10.1. The molecule has 0 unspecified atom stereocenters. The number of phenolic OH excluding ortho intramolecular Hbond substituents is 1. The molecule has 2 aromatic rings. The first-order chi connectivity index (χ1) is 9.74. The van der Waals surface area contributed by atoms with E-state index in [1.54, 1.807) is 24.7 Å². The highest BCUT2D eigenvalue weighted by atomic mass is 16.3. The summed E-state index contributed by atoms with van der Waals surface area (Å²) < 4.78 is 0. The van der Waals surface area contributed by atoms with E-state index < -0.39 is 0 Å². The smallest absolute Gasteiger partial charge is 0.126 e. The van der Waals surface area contributed by atoms with Crippen molar-refractivity contribution >= 4 is 17.6 Å². The van der Waals surface area contributed by atoms with Gasteiger partial charge in [0.1, 0.15) is 5.75 Å². The maximum Gasteiger partial charge on any atom is 0.126 e. The largest absolute Gasteiger partial charge is 0.507 e. The van der Waals surface area contributed by atoms with Gasteiger partial charge in [-0.15, -0.1) is 0 Å². The number of hydrogen-bond acceptors (Lipinski definition) is 4. The average Bonchev–Trinajstić information content (AvgIpc) is 2.49. The zero-order valence-corrected chi connectivity index (χ0v) is 11.8. The molecule has 0 spiro atoms. The molecule has 0 saturated carbocycles. The van der Waals surface area contributed by atoms with E-state index in [1.807, 2.05) is 24.3 Å². The molecule has 1 aromatic carbocycles. The SMILES string of the molecule is CCN(CC)c1ccc(C=Nc2cccnc2)c(O)c1. The van der Waals surface area contributed by atoms with Gasteiger partial charge in [0.25, 0.3) is 0 Å². The number of benzene rings is 1. The van der Waals surface area contributed by atoms with Gasteiger partial charge >= 0.3 is 0 Å². The predicted octanol–water partition coefficient (Wildman–Crippen LogP) is 3.38. The fraction of sp³-hybridized carbons (Fsp3) is 0.250. The van der Waals surface area contributed by atoms with E-state index in [-0.39, 0.29) is 5.75 Å². The lowest BCUT2D eigenvalue weighted by Crippen LogP contribution is -2.21. The van der Waals surface area contributed by atoms with E-state index in [2.05, 4.69) is 28.7 Å². The van der Waals surface area contributed by atoms with Crippen LogP contribution >= 0.6 is 0 Å². The third-order valence-corrected chi connectivity index (χ3v) is 3.14. The monoisotopic (exact) mass is 269 g/mol. The average molecular weight is 269 g/mol. The third kappa shape index (κ3) is 3.35. The Morgan fingerprint density at radius 3 is 2.65 bits per heavy atom.